The lowest BCUT2D eigenvalue weighted by Gasteiger charge is -1.98. The van der Waals surface area contributed by atoms with E-state index in [9.17, 15) is 4.79 Å². The van der Waals surface area contributed by atoms with Gasteiger partial charge in [0.1, 0.15) is 5.01 Å². The van der Waals surface area contributed by atoms with Gasteiger partial charge in [0, 0.05) is 5.69 Å². The highest BCUT2D eigenvalue weighted by Gasteiger charge is 2.10. The average molecular weight is 351 g/mol. The molecule has 0 aliphatic heterocycles. The van der Waals surface area contributed by atoms with Crippen LogP contribution in [-0.4, -0.2) is 26.8 Å². The van der Waals surface area contributed by atoms with Crippen molar-refractivity contribution >= 4 is 61.4 Å². The number of fused-ring (bicyclic) bond motifs is 1. The van der Waals surface area contributed by atoms with Gasteiger partial charge in [0.05, 0.1) is 16.0 Å². The molecule has 0 saturated carbocycles. The number of hydrogen-bond donors (Lipinski definition) is 2. The summed E-state index contributed by atoms with van der Waals surface area (Å²) in [4.78, 5) is 16.4. The van der Waals surface area contributed by atoms with Crippen LogP contribution in [0.5, 0.6) is 0 Å². The van der Waals surface area contributed by atoms with Gasteiger partial charge in [-0.25, -0.2) is 4.98 Å². The number of rotatable bonds is 5. The third-order valence-corrected chi connectivity index (χ3v) is 5.88. The Bertz CT molecular complexity index is 813. The third-order valence-electron chi connectivity index (χ3n) is 2.74. The average Bonchev–Trinajstić information content (AvgIpc) is 3.10. The Balaban J connectivity index is 1.59. The Morgan fingerprint density at radius 2 is 2.23 bits per heavy atom. The molecule has 0 radical (unpaired) electrons. The van der Waals surface area contributed by atoms with Crippen molar-refractivity contribution in [1.29, 1.82) is 0 Å². The molecular weight excluding hydrogens is 338 g/mol. The molecule has 2 aromatic heterocycles. The summed E-state index contributed by atoms with van der Waals surface area (Å²) in [5.74, 6) is 0.179. The highest BCUT2D eigenvalue weighted by molar-refractivity contribution is 8.01. The fourth-order valence-electron chi connectivity index (χ4n) is 1.71. The van der Waals surface area contributed by atoms with Crippen molar-refractivity contribution < 1.29 is 4.79 Å². The number of aryl methyl sites for hydroxylation is 1. The van der Waals surface area contributed by atoms with Crippen LogP contribution in [0.15, 0.2) is 22.5 Å². The smallest absolute Gasteiger partial charge is 0.236 e. The predicted octanol–water partition coefficient (Wildman–Crippen LogP) is 3.02. The zero-order valence-electron chi connectivity index (χ0n) is 11.7. The van der Waals surface area contributed by atoms with E-state index in [1.54, 1.807) is 0 Å². The molecule has 0 spiro atoms. The lowest BCUT2D eigenvalue weighted by Crippen LogP contribution is -2.13. The van der Waals surface area contributed by atoms with Gasteiger partial charge in [-0.1, -0.05) is 30.0 Å². The molecule has 22 heavy (non-hydrogen) atoms. The van der Waals surface area contributed by atoms with Crippen molar-refractivity contribution in [3.05, 3.63) is 23.2 Å². The van der Waals surface area contributed by atoms with Crippen molar-refractivity contribution in [3.63, 3.8) is 0 Å². The van der Waals surface area contributed by atoms with E-state index in [0.717, 1.165) is 26.0 Å². The summed E-state index contributed by atoms with van der Waals surface area (Å²) >= 11 is 4.33. The first-order valence-electron chi connectivity index (χ1n) is 6.55. The van der Waals surface area contributed by atoms with E-state index in [1.807, 2.05) is 25.1 Å². The largest absolute Gasteiger partial charge is 0.399 e. The van der Waals surface area contributed by atoms with Crippen LogP contribution in [0.1, 0.15) is 11.9 Å². The molecule has 0 aliphatic rings. The Labute approximate surface area is 139 Å². The summed E-state index contributed by atoms with van der Waals surface area (Å²) in [5.41, 5.74) is 7.37. The molecule has 0 atom stereocenters. The molecule has 0 bridgehead atoms. The summed E-state index contributed by atoms with van der Waals surface area (Å²) in [6.07, 6.45) is 0.817. The number of nitrogen functional groups attached to an aromatic ring is 1. The van der Waals surface area contributed by atoms with E-state index in [-0.39, 0.29) is 11.7 Å². The molecule has 3 rings (SSSR count). The second-order valence-corrected chi connectivity index (χ2v) is 7.71. The number of aromatic nitrogens is 3. The lowest BCUT2D eigenvalue weighted by molar-refractivity contribution is -0.113. The van der Waals surface area contributed by atoms with E-state index in [2.05, 4.69) is 20.5 Å². The number of thioether (sulfide) groups is 1. The first-order chi connectivity index (χ1) is 10.6. The number of benzene rings is 1. The van der Waals surface area contributed by atoms with Gasteiger partial charge in [-0.15, -0.1) is 21.5 Å². The van der Waals surface area contributed by atoms with Crippen LogP contribution in [-0.2, 0) is 11.2 Å². The normalized spacial score (nSPS) is 11.0. The SMILES string of the molecule is CCc1nnc(NC(=O)CSc2nc3ccc(N)cc3s2)s1. The van der Waals surface area contributed by atoms with E-state index >= 15 is 0 Å². The second kappa shape index (κ2) is 6.59. The maximum atomic E-state index is 11.9. The number of anilines is 2. The number of carbonyl (C=O) groups is 1. The van der Waals surface area contributed by atoms with Gasteiger partial charge in [-0.3, -0.25) is 10.1 Å². The fourth-order valence-corrected chi connectivity index (χ4v) is 4.32. The van der Waals surface area contributed by atoms with E-state index < -0.39 is 0 Å². The summed E-state index contributed by atoms with van der Waals surface area (Å²) < 4.78 is 1.88. The number of thiazole rings is 1. The first kappa shape index (κ1) is 15.2. The van der Waals surface area contributed by atoms with Gasteiger partial charge in [0.2, 0.25) is 11.0 Å². The van der Waals surface area contributed by atoms with E-state index in [0.29, 0.717) is 10.8 Å². The zero-order chi connectivity index (χ0) is 15.5. The fraction of sp³-hybridized carbons (Fsp3) is 0.231. The summed E-state index contributed by atoms with van der Waals surface area (Å²) in [5, 5.41) is 12.1. The van der Waals surface area contributed by atoms with Crippen LogP contribution >= 0.6 is 34.4 Å². The van der Waals surface area contributed by atoms with Gasteiger partial charge < -0.3 is 5.73 Å². The van der Waals surface area contributed by atoms with Gasteiger partial charge >= 0.3 is 0 Å². The minimum absolute atomic E-state index is 0.109. The first-order valence-corrected chi connectivity index (χ1v) is 9.17. The molecule has 0 saturated heterocycles. The van der Waals surface area contributed by atoms with Crippen LogP contribution in [0.3, 0.4) is 0 Å². The second-order valence-electron chi connectivity index (χ2n) is 4.40. The van der Waals surface area contributed by atoms with Crippen LogP contribution < -0.4 is 11.1 Å². The van der Waals surface area contributed by atoms with E-state index in [1.165, 1.54) is 34.4 Å². The van der Waals surface area contributed by atoms with Crippen molar-refractivity contribution in [2.75, 3.05) is 16.8 Å². The molecule has 0 unspecified atom stereocenters. The minimum atomic E-state index is -0.109. The molecule has 1 aromatic carbocycles. The molecule has 1 amide bonds. The molecule has 6 nitrogen and oxygen atoms in total. The van der Waals surface area contributed by atoms with Crippen LogP contribution in [0.4, 0.5) is 10.8 Å². The van der Waals surface area contributed by atoms with Gasteiger partial charge in [0.15, 0.2) is 4.34 Å². The summed E-state index contributed by atoms with van der Waals surface area (Å²) in [6, 6.07) is 5.60. The monoisotopic (exact) mass is 351 g/mol. The Morgan fingerprint density at radius 1 is 1.36 bits per heavy atom. The minimum Gasteiger partial charge on any atom is -0.399 e. The molecule has 114 valence electrons. The van der Waals surface area contributed by atoms with Crippen molar-refractivity contribution in [3.8, 4) is 0 Å². The number of nitrogens with zero attached hydrogens (tertiary/aromatic N) is 3. The van der Waals surface area contributed by atoms with Crippen LogP contribution in [0.25, 0.3) is 10.2 Å². The summed E-state index contributed by atoms with van der Waals surface area (Å²) in [7, 11) is 0. The standard InChI is InChI=1S/C13H13N5OS3/c1-2-11-17-18-12(22-11)16-10(19)6-20-13-15-8-4-3-7(14)5-9(8)21-13/h3-5H,2,6,14H2,1H3,(H,16,18,19). The molecule has 3 N–H and O–H groups in total. The molecule has 3 aromatic rings. The number of amides is 1. The number of nitrogens with one attached hydrogen (secondary N) is 1. The number of carbonyl (C=O) groups excluding carboxylic acids is 1. The van der Waals surface area contributed by atoms with Crippen molar-refractivity contribution in [2.24, 2.45) is 0 Å². The zero-order valence-corrected chi connectivity index (χ0v) is 14.1. The van der Waals surface area contributed by atoms with Crippen LogP contribution in [0.2, 0.25) is 0 Å². The van der Waals surface area contributed by atoms with E-state index in [4.69, 9.17) is 5.73 Å². The Morgan fingerprint density at radius 3 is 3.00 bits per heavy atom. The maximum absolute atomic E-state index is 11.9. The van der Waals surface area contributed by atoms with Crippen molar-refractivity contribution in [2.45, 2.75) is 17.7 Å². The number of hydrogen-bond acceptors (Lipinski definition) is 8. The van der Waals surface area contributed by atoms with Gasteiger partial charge in [-0.2, -0.15) is 0 Å². The molecule has 0 aliphatic carbocycles. The van der Waals surface area contributed by atoms with Crippen molar-refractivity contribution in [1.82, 2.24) is 15.2 Å². The molecule has 0 fully saturated rings. The highest BCUT2D eigenvalue weighted by Crippen LogP contribution is 2.30. The lowest BCUT2D eigenvalue weighted by atomic mass is 10.3. The van der Waals surface area contributed by atoms with Crippen LogP contribution in [0, 0.1) is 0 Å². The molecule has 2 heterocycles. The maximum Gasteiger partial charge on any atom is 0.236 e. The highest BCUT2D eigenvalue weighted by atomic mass is 32.2. The van der Waals surface area contributed by atoms with Gasteiger partial charge in [0.25, 0.3) is 0 Å². The Kier molecular flexibility index (Phi) is 4.55. The molecular formula is C13H13N5OS3. The topological polar surface area (TPSA) is 93.8 Å². The van der Waals surface area contributed by atoms with Gasteiger partial charge in [-0.05, 0) is 24.6 Å². The quantitative estimate of drug-likeness (QED) is 0.542. The summed E-state index contributed by atoms with van der Waals surface area (Å²) in [6.45, 7) is 2.00. The Hall–Kier alpha value is -1.71. The number of nitrogens with two attached hydrogens (primary N) is 1. The predicted molar refractivity (Wildman–Crippen MR) is 92.7 cm³/mol. The third kappa shape index (κ3) is 3.54. The molecule has 9 heteroatoms.